The van der Waals surface area contributed by atoms with E-state index in [1.54, 1.807) is 0 Å². The van der Waals surface area contributed by atoms with Gasteiger partial charge in [0.15, 0.2) is 0 Å². The lowest BCUT2D eigenvalue weighted by Crippen LogP contribution is -2.55. The normalized spacial score (nSPS) is 34.8. The number of esters is 1. The Kier molecular flexibility index (Phi) is 4.08. The topological polar surface area (TPSA) is 52.3 Å². The Hall–Kier alpha value is -0.570. The van der Waals surface area contributed by atoms with Gasteiger partial charge in [0.1, 0.15) is 5.54 Å². The molecule has 3 heteroatoms. The van der Waals surface area contributed by atoms with Crippen molar-refractivity contribution in [2.24, 2.45) is 17.6 Å². The van der Waals surface area contributed by atoms with Crippen LogP contribution in [0.1, 0.15) is 58.3 Å². The van der Waals surface area contributed by atoms with Gasteiger partial charge in [-0.15, -0.1) is 0 Å². The van der Waals surface area contributed by atoms with Crippen LogP contribution in [0.3, 0.4) is 0 Å². The molecule has 0 aromatic carbocycles. The van der Waals surface area contributed by atoms with Crippen molar-refractivity contribution in [3.8, 4) is 0 Å². The van der Waals surface area contributed by atoms with E-state index in [0.29, 0.717) is 12.5 Å². The lowest BCUT2D eigenvalue weighted by atomic mass is 9.74. The molecule has 0 aliphatic heterocycles. The van der Waals surface area contributed by atoms with Crippen LogP contribution in [-0.2, 0) is 9.53 Å². The number of hydrogen-bond acceptors (Lipinski definition) is 3. The fourth-order valence-electron chi connectivity index (χ4n) is 3.18. The minimum Gasteiger partial charge on any atom is -0.464 e. The monoisotopic (exact) mass is 239 g/mol. The van der Waals surface area contributed by atoms with Crippen molar-refractivity contribution in [1.82, 2.24) is 0 Å². The van der Waals surface area contributed by atoms with Gasteiger partial charge in [-0.05, 0) is 37.5 Å². The smallest absolute Gasteiger partial charge is 0.326 e. The maximum absolute atomic E-state index is 12.1. The zero-order chi connectivity index (χ0) is 12.3. The fourth-order valence-corrected chi connectivity index (χ4v) is 3.18. The van der Waals surface area contributed by atoms with Crippen molar-refractivity contribution in [1.29, 1.82) is 0 Å². The summed E-state index contributed by atoms with van der Waals surface area (Å²) in [6, 6.07) is 0. The van der Waals surface area contributed by atoms with Crippen molar-refractivity contribution in [2.45, 2.75) is 63.8 Å². The van der Waals surface area contributed by atoms with E-state index < -0.39 is 5.54 Å². The summed E-state index contributed by atoms with van der Waals surface area (Å²) in [7, 11) is 0. The fraction of sp³-hybridized carbons (Fsp3) is 0.929. The lowest BCUT2D eigenvalue weighted by Gasteiger charge is -2.37. The van der Waals surface area contributed by atoms with Crippen LogP contribution in [0.5, 0.6) is 0 Å². The second kappa shape index (κ2) is 5.38. The molecule has 2 N–H and O–H groups in total. The molecule has 2 saturated carbocycles. The predicted molar refractivity (Wildman–Crippen MR) is 67.5 cm³/mol. The molecule has 2 atom stereocenters. The maximum atomic E-state index is 12.1. The molecule has 2 rings (SSSR count). The first-order chi connectivity index (χ1) is 8.13. The van der Waals surface area contributed by atoms with Gasteiger partial charge in [-0.1, -0.05) is 32.6 Å². The highest BCUT2D eigenvalue weighted by Crippen LogP contribution is 2.33. The summed E-state index contributed by atoms with van der Waals surface area (Å²) in [5.74, 6) is 0.686. The lowest BCUT2D eigenvalue weighted by molar-refractivity contribution is -0.155. The quantitative estimate of drug-likeness (QED) is 0.770. The maximum Gasteiger partial charge on any atom is 0.326 e. The Bertz CT molecular complexity index is 273. The van der Waals surface area contributed by atoms with Crippen LogP contribution in [0, 0.1) is 11.8 Å². The highest BCUT2D eigenvalue weighted by atomic mass is 16.5. The third-order valence-corrected chi connectivity index (χ3v) is 4.66. The van der Waals surface area contributed by atoms with Crippen molar-refractivity contribution in [3.05, 3.63) is 0 Å². The molecule has 3 nitrogen and oxygen atoms in total. The molecule has 2 fully saturated rings. The minimum absolute atomic E-state index is 0.156. The molecule has 0 aromatic heterocycles. The molecule has 17 heavy (non-hydrogen) atoms. The van der Waals surface area contributed by atoms with Crippen LogP contribution in [-0.4, -0.2) is 18.1 Å². The van der Waals surface area contributed by atoms with Crippen molar-refractivity contribution in [3.63, 3.8) is 0 Å². The molecular weight excluding hydrogens is 214 g/mol. The van der Waals surface area contributed by atoms with Gasteiger partial charge >= 0.3 is 5.97 Å². The zero-order valence-electron chi connectivity index (χ0n) is 10.9. The highest BCUT2D eigenvalue weighted by molar-refractivity contribution is 5.81. The zero-order valence-corrected chi connectivity index (χ0v) is 10.9. The minimum atomic E-state index is -0.711. The third kappa shape index (κ3) is 2.82. The molecule has 0 aromatic rings. The largest absolute Gasteiger partial charge is 0.464 e. The average molecular weight is 239 g/mol. The van der Waals surface area contributed by atoms with E-state index in [1.807, 2.05) is 0 Å². The van der Waals surface area contributed by atoms with Crippen LogP contribution in [0.25, 0.3) is 0 Å². The number of hydrogen-bond donors (Lipinski definition) is 1. The first-order valence-electron chi connectivity index (χ1n) is 7.09. The Morgan fingerprint density at radius 3 is 2.53 bits per heavy atom. The number of rotatable bonds is 3. The third-order valence-electron chi connectivity index (χ3n) is 4.66. The van der Waals surface area contributed by atoms with E-state index in [9.17, 15) is 4.79 Å². The van der Waals surface area contributed by atoms with Gasteiger partial charge in [-0.2, -0.15) is 0 Å². The standard InChI is InChI=1S/C14H25NO2/c1-11-6-4-5-9-14(11,15)13(16)17-10-12-7-2-3-8-12/h11-12H,2-10,15H2,1H3. The van der Waals surface area contributed by atoms with Crippen LogP contribution in [0.2, 0.25) is 0 Å². The van der Waals surface area contributed by atoms with Gasteiger partial charge in [-0.3, -0.25) is 4.79 Å². The van der Waals surface area contributed by atoms with E-state index >= 15 is 0 Å². The van der Waals surface area contributed by atoms with E-state index in [-0.39, 0.29) is 11.9 Å². The molecule has 0 saturated heterocycles. The van der Waals surface area contributed by atoms with Crippen molar-refractivity contribution >= 4 is 5.97 Å². The first-order valence-corrected chi connectivity index (χ1v) is 7.09. The predicted octanol–water partition coefficient (Wildman–Crippen LogP) is 2.63. The summed E-state index contributed by atoms with van der Waals surface area (Å²) in [6.45, 7) is 2.67. The Labute approximate surface area is 104 Å². The molecular formula is C14H25NO2. The summed E-state index contributed by atoms with van der Waals surface area (Å²) < 4.78 is 5.47. The SMILES string of the molecule is CC1CCCCC1(N)C(=O)OCC1CCCC1. The molecule has 0 bridgehead atoms. The number of carbonyl (C=O) groups is 1. The second-order valence-corrected chi connectivity index (χ2v) is 5.94. The second-order valence-electron chi connectivity index (χ2n) is 5.94. The Morgan fingerprint density at radius 1 is 1.24 bits per heavy atom. The van der Waals surface area contributed by atoms with E-state index in [4.69, 9.17) is 10.5 Å². The molecule has 2 aliphatic rings. The number of carbonyl (C=O) groups excluding carboxylic acids is 1. The molecule has 0 heterocycles. The first kappa shape index (κ1) is 12.9. The van der Waals surface area contributed by atoms with Gasteiger partial charge < -0.3 is 10.5 Å². The summed E-state index contributed by atoms with van der Waals surface area (Å²) in [5, 5.41) is 0. The summed E-state index contributed by atoms with van der Waals surface area (Å²) >= 11 is 0. The average Bonchev–Trinajstić information content (AvgIpc) is 2.83. The van der Waals surface area contributed by atoms with Crippen LogP contribution in [0.4, 0.5) is 0 Å². The van der Waals surface area contributed by atoms with Gasteiger partial charge in [0.05, 0.1) is 6.61 Å². The summed E-state index contributed by atoms with van der Waals surface area (Å²) in [5.41, 5.74) is 5.54. The van der Waals surface area contributed by atoms with Crippen molar-refractivity contribution in [2.75, 3.05) is 6.61 Å². The van der Waals surface area contributed by atoms with E-state index in [2.05, 4.69) is 6.92 Å². The Morgan fingerprint density at radius 2 is 1.88 bits per heavy atom. The molecule has 0 radical (unpaired) electrons. The van der Waals surface area contributed by atoms with E-state index in [0.717, 1.165) is 19.3 Å². The van der Waals surface area contributed by atoms with Crippen LogP contribution in [0.15, 0.2) is 0 Å². The molecule has 0 spiro atoms. The van der Waals surface area contributed by atoms with E-state index in [1.165, 1.54) is 32.1 Å². The van der Waals surface area contributed by atoms with Crippen LogP contribution >= 0.6 is 0 Å². The van der Waals surface area contributed by atoms with Gasteiger partial charge in [0.25, 0.3) is 0 Å². The Balaban J connectivity index is 1.84. The van der Waals surface area contributed by atoms with Crippen molar-refractivity contribution < 1.29 is 9.53 Å². The molecule has 2 unspecified atom stereocenters. The molecule has 98 valence electrons. The summed E-state index contributed by atoms with van der Waals surface area (Å²) in [6.07, 6.45) is 9.07. The molecule has 0 amide bonds. The molecule has 2 aliphatic carbocycles. The summed E-state index contributed by atoms with van der Waals surface area (Å²) in [4.78, 5) is 12.1. The highest BCUT2D eigenvalue weighted by Gasteiger charge is 2.42. The van der Waals surface area contributed by atoms with Gasteiger partial charge in [0, 0.05) is 0 Å². The van der Waals surface area contributed by atoms with Gasteiger partial charge in [-0.25, -0.2) is 0 Å². The van der Waals surface area contributed by atoms with Gasteiger partial charge in [0.2, 0.25) is 0 Å². The number of ether oxygens (including phenoxy) is 1. The number of nitrogens with two attached hydrogens (primary N) is 1. The van der Waals surface area contributed by atoms with Crippen LogP contribution < -0.4 is 5.73 Å².